The lowest BCUT2D eigenvalue weighted by atomic mass is 10.1. The molecule has 0 N–H and O–H groups in total. The van der Waals surface area contributed by atoms with E-state index in [1.165, 1.54) is 11.0 Å². The third-order valence-electron chi connectivity index (χ3n) is 4.08. The summed E-state index contributed by atoms with van der Waals surface area (Å²) < 4.78 is 31.7. The molecule has 25 heavy (non-hydrogen) atoms. The molecule has 7 heteroatoms. The number of benzene rings is 1. The first-order valence-electron chi connectivity index (χ1n) is 8.19. The van der Waals surface area contributed by atoms with Crippen molar-refractivity contribution in [2.75, 3.05) is 32.8 Å². The molecule has 1 aliphatic rings. The Hall–Kier alpha value is -2.28. The number of piperazine rings is 1. The summed E-state index contributed by atoms with van der Waals surface area (Å²) in [7, 11) is 0. The summed E-state index contributed by atoms with van der Waals surface area (Å²) in [5.41, 5.74) is 0.0970. The van der Waals surface area contributed by atoms with E-state index in [1.54, 1.807) is 17.9 Å². The van der Waals surface area contributed by atoms with Crippen LogP contribution in [0.25, 0.3) is 0 Å². The van der Waals surface area contributed by atoms with Crippen LogP contribution in [-0.4, -0.2) is 60.5 Å². The first kappa shape index (κ1) is 19.1. The normalized spacial score (nSPS) is 15.8. The molecule has 1 saturated heterocycles. The molecule has 1 heterocycles. The zero-order valence-corrected chi connectivity index (χ0v) is 14.2. The number of amides is 2. The van der Waals surface area contributed by atoms with E-state index in [1.807, 2.05) is 0 Å². The molecule has 2 rings (SSSR count). The summed E-state index contributed by atoms with van der Waals surface area (Å²) in [5.74, 6) is -2.53. The fraction of sp³-hybridized carbons (Fsp3) is 0.444. The summed E-state index contributed by atoms with van der Waals surface area (Å²) in [6.45, 7) is 7.16. The van der Waals surface area contributed by atoms with Gasteiger partial charge in [0.2, 0.25) is 0 Å². The summed E-state index contributed by atoms with van der Waals surface area (Å²) in [4.78, 5) is 27.8. The van der Waals surface area contributed by atoms with Crippen LogP contribution in [0.2, 0.25) is 0 Å². The van der Waals surface area contributed by atoms with E-state index in [9.17, 15) is 18.4 Å². The Morgan fingerprint density at radius 3 is 2.44 bits per heavy atom. The number of carbonyl (C=O) groups is 2. The van der Waals surface area contributed by atoms with Crippen LogP contribution >= 0.6 is 0 Å². The Bertz CT molecular complexity index is 643. The number of ether oxygens (including phenoxy) is 1. The smallest absolute Gasteiger partial charge is 0.254 e. The van der Waals surface area contributed by atoms with Gasteiger partial charge in [-0.25, -0.2) is 8.78 Å². The summed E-state index contributed by atoms with van der Waals surface area (Å²) in [6.07, 6.45) is 1.85. The Balaban J connectivity index is 1.88. The lowest BCUT2D eigenvalue weighted by molar-refractivity contribution is -0.144. The van der Waals surface area contributed by atoms with Crippen molar-refractivity contribution >= 4 is 11.8 Å². The average Bonchev–Trinajstić information content (AvgIpc) is 2.63. The Morgan fingerprint density at radius 1 is 1.20 bits per heavy atom. The van der Waals surface area contributed by atoms with E-state index < -0.39 is 17.7 Å². The molecule has 136 valence electrons. The number of hydrogen-bond donors (Lipinski definition) is 0. The quantitative estimate of drug-likeness (QED) is 0.583. The highest BCUT2D eigenvalue weighted by Crippen LogP contribution is 2.13. The van der Waals surface area contributed by atoms with Crippen LogP contribution in [0.3, 0.4) is 0 Å². The number of nitrogens with zero attached hydrogens (tertiary/aromatic N) is 2. The van der Waals surface area contributed by atoms with Crippen molar-refractivity contribution in [3.05, 3.63) is 48.1 Å². The van der Waals surface area contributed by atoms with Gasteiger partial charge in [-0.3, -0.25) is 9.59 Å². The van der Waals surface area contributed by atoms with Gasteiger partial charge in [0, 0.05) is 31.7 Å². The predicted molar refractivity (Wildman–Crippen MR) is 89.1 cm³/mol. The maximum Gasteiger partial charge on any atom is 0.254 e. The van der Waals surface area contributed by atoms with Crippen LogP contribution in [-0.2, 0) is 9.53 Å². The minimum Gasteiger partial charge on any atom is -0.368 e. The predicted octanol–water partition coefficient (Wildman–Crippen LogP) is 2.23. The van der Waals surface area contributed by atoms with Gasteiger partial charge < -0.3 is 14.5 Å². The zero-order chi connectivity index (χ0) is 18.4. The second-order valence-corrected chi connectivity index (χ2v) is 5.84. The Kier molecular flexibility index (Phi) is 6.64. The number of hydrogen-bond acceptors (Lipinski definition) is 3. The molecule has 0 radical (unpaired) electrons. The molecule has 1 unspecified atom stereocenters. The summed E-state index contributed by atoms with van der Waals surface area (Å²) >= 11 is 0. The van der Waals surface area contributed by atoms with Crippen molar-refractivity contribution in [1.82, 2.24) is 9.80 Å². The first-order valence-corrected chi connectivity index (χ1v) is 8.19. The molecule has 1 fully saturated rings. The molecule has 1 aromatic rings. The lowest BCUT2D eigenvalue weighted by Gasteiger charge is -2.36. The monoisotopic (exact) mass is 352 g/mol. The van der Waals surface area contributed by atoms with Gasteiger partial charge in [-0.2, -0.15) is 0 Å². The van der Waals surface area contributed by atoms with Gasteiger partial charge in [0.05, 0.1) is 6.61 Å². The van der Waals surface area contributed by atoms with Crippen LogP contribution in [0, 0.1) is 11.6 Å². The zero-order valence-electron chi connectivity index (χ0n) is 14.2. The molecule has 0 aliphatic carbocycles. The summed E-state index contributed by atoms with van der Waals surface area (Å²) in [5, 5.41) is 0. The maximum atomic E-state index is 13.3. The van der Waals surface area contributed by atoms with Crippen LogP contribution < -0.4 is 0 Å². The van der Waals surface area contributed by atoms with Crippen molar-refractivity contribution in [3.8, 4) is 0 Å². The molecular weight excluding hydrogens is 330 g/mol. The van der Waals surface area contributed by atoms with E-state index >= 15 is 0 Å². The second kappa shape index (κ2) is 8.71. The Morgan fingerprint density at radius 2 is 1.84 bits per heavy atom. The van der Waals surface area contributed by atoms with E-state index in [2.05, 4.69) is 6.58 Å². The third-order valence-corrected chi connectivity index (χ3v) is 4.08. The van der Waals surface area contributed by atoms with Crippen molar-refractivity contribution in [2.24, 2.45) is 0 Å². The molecule has 1 aliphatic heterocycles. The second-order valence-electron chi connectivity index (χ2n) is 5.84. The van der Waals surface area contributed by atoms with Crippen molar-refractivity contribution in [3.63, 3.8) is 0 Å². The van der Waals surface area contributed by atoms with Crippen LogP contribution in [0.15, 0.2) is 30.9 Å². The van der Waals surface area contributed by atoms with Crippen LogP contribution in [0.1, 0.15) is 23.7 Å². The van der Waals surface area contributed by atoms with Crippen molar-refractivity contribution < 1.29 is 23.1 Å². The van der Waals surface area contributed by atoms with Gasteiger partial charge in [0.25, 0.3) is 11.8 Å². The first-order chi connectivity index (χ1) is 11.9. The number of rotatable bonds is 6. The standard InChI is InChI=1S/C18H22F2N2O3/c1-3-4-11-25-13(2)17(23)21-7-9-22(10-8-21)18(24)14-5-6-15(19)16(20)12-14/h3,5-6,12-13H,1,4,7-11H2,2H3. The molecule has 5 nitrogen and oxygen atoms in total. The average molecular weight is 352 g/mol. The van der Waals surface area contributed by atoms with Gasteiger partial charge in [-0.1, -0.05) is 6.08 Å². The lowest BCUT2D eigenvalue weighted by Crippen LogP contribution is -2.52. The summed E-state index contributed by atoms with van der Waals surface area (Å²) in [6, 6.07) is 3.09. The van der Waals surface area contributed by atoms with Gasteiger partial charge in [0.1, 0.15) is 6.10 Å². The largest absolute Gasteiger partial charge is 0.368 e. The van der Waals surface area contributed by atoms with Crippen molar-refractivity contribution in [2.45, 2.75) is 19.4 Å². The van der Waals surface area contributed by atoms with Gasteiger partial charge in [0.15, 0.2) is 11.6 Å². The highest BCUT2D eigenvalue weighted by molar-refractivity contribution is 5.94. The Labute approximate surface area is 145 Å². The van der Waals surface area contributed by atoms with E-state index in [4.69, 9.17) is 4.74 Å². The fourth-order valence-electron chi connectivity index (χ4n) is 2.60. The minimum absolute atomic E-state index is 0.0970. The maximum absolute atomic E-state index is 13.3. The van der Waals surface area contributed by atoms with Crippen LogP contribution in [0.4, 0.5) is 8.78 Å². The molecule has 2 amide bonds. The highest BCUT2D eigenvalue weighted by Gasteiger charge is 2.27. The van der Waals surface area contributed by atoms with Crippen LogP contribution in [0.5, 0.6) is 0 Å². The third kappa shape index (κ3) is 4.85. The molecule has 0 spiro atoms. The highest BCUT2D eigenvalue weighted by atomic mass is 19.2. The van der Waals surface area contributed by atoms with E-state index in [-0.39, 0.29) is 17.4 Å². The topological polar surface area (TPSA) is 49.9 Å². The van der Waals surface area contributed by atoms with Gasteiger partial charge in [-0.15, -0.1) is 6.58 Å². The SMILES string of the molecule is C=CCCOC(C)C(=O)N1CCN(C(=O)c2ccc(F)c(F)c2)CC1. The van der Waals surface area contributed by atoms with Gasteiger partial charge in [-0.05, 0) is 31.5 Å². The molecule has 0 saturated carbocycles. The number of carbonyl (C=O) groups excluding carboxylic acids is 2. The fourth-order valence-corrected chi connectivity index (χ4v) is 2.60. The molecule has 1 atom stereocenters. The minimum atomic E-state index is -1.05. The van der Waals surface area contributed by atoms with Crippen molar-refractivity contribution in [1.29, 1.82) is 0 Å². The molecule has 0 bridgehead atoms. The molecule has 1 aromatic carbocycles. The molecule has 0 aromatic heterocycles. The number of halogens is 2. The van der Waals surface area contributed by atoms with E-state index in [0.717, 1.165) is 12.1 Å². The van der Waals surface area contributed by atoms with Gasteiger partial charge >= 0.3 is 0 Å². The van der Waals surface area contributed by atoms with E-state index in [0.29, 0.717) is 39.2 Å². The molecular formula is C18H22F2N2O3.